The molecule has 0 atom stereocenters. The highest BCUT2D eigenvalue weighted by Gasteiger charge is 2.18. The standard InChI is InChI=1S/C18H18ClN3O3/c1-24-9-4-8-20-18(23)16-12-15(17-7-3-10-25-17)21-22(16)14-6-2-5-13(19)11-14/h2-3,5-7,10-12H,4,8-9H2,1H3,(H,20,23). The largest absolute Gasteiger partial charge is 0.463 e. The third-order valence-corrected chi connectivity index (χ3v) is 3.81. The van der Waals surface area contributed by atoms with Crippen LogP contribution in [0.4, 0.5) is 0 Å². The summed E-state index contributed by atoms with van der Waals surface area (Å²) in [5.74, 6) is 0.371. The lowest BCUT2D eigenvalue weighted by Gasteiger charge is -2.08. The van der Waals surface area contributed by atoms with Gasteiger partial charge in [-0.15, -0.1) is 0 Å². The second kappa shape index (κ2) is 8.00. The molecule has 130 valence electrons. The van der Waals surface area contributed by atoms with Crippen LogP contribution < -0.4 is 5.32 Å². The maximum atomic E-state index is 12.6. The Morgan fingerprint density at radius 1 is 1.32 bits per heavy atom. The van der Waals surface area contributed by atoms with Crippen molar-refractivity contribution in [2.45, 2.75) is 6.42 Å². The van der Waals surface area contributed by atoms with Gasteiger partial charge in [-0.05, 0) is 36.8 Å². The van der Waals surface area contributed by atoms with E-state index in [9.17, 15) is 4.79 Å². The second-order valence-corrected chi connectivity index (χ2v) is 5.82. The van der Waals surface area contributed by atoms with E-state index in [1.807, 2.05) is 12.1 Å². The van der Waals surface area contributed by atoms with Crippen molar-refractivity contribution in [2.24, 2.45) is 0 Å². The number of amides is 1. The van der Waals surface area contributed by atoms with Gasteiger partial charge in [0.25, 0.3) is 5.91 Å². The van der Waals surface area contributed by atoms with Crippen molar-refractivity contribution >= 4 is 17.5 Å². The fourth-order valence-electron chi connectivity index (χ4n) is 2.40. The molecule has 2 heterocycles. The molecule has 1 aromatic carbocycles. The first-order valence-corrected chi connectivity index (χ1v) is 8.24. The van der Waals surface area contributed by atoms with Crippen LogP contribution in [0.25, 0.3) is 17.1 Å². The summed E-state index contributed by atoms with van der Waals surface area (Å²) in [6, 6.07) is 12.4. The van der Waals surface area contributed by atoms with Gasteiger partial charge >= 0.3 is 0 Å². The Bertz CT molecular complexity index is 843. The molecule has 0 saturated carbocycles. The molecular weight excluding hydrogens is 342 g/mol. The van der Waals surface area contributed by atoms with Gasteiger partial charge in [-0.3, -0.25) is 4.79 Å². The molecule has 0 aliphatic rings. The van der Waals surface area contributed by atoms with Crippen LogP contribution in [0.5, 0.6) is 0 Å². The number of aromatic nitrogens is 2. The van der Waals surface area contributed by atoms with E-state index >= 15 is 0 Å². The quantitative estimate of drug-likeness (QED) is 0.655. The van der Waals surface area contributed by atoms with Crippen molar-refractivity contribution < 1.29 is 13.9 Å². The van der Waals surface area contributed by atoms with Crippen molar-refractivity contribution in [2.75, 3.05) is 20.3 Å². The Kier molecular flexibility index (Phi) is 5.53. The first kappa shape index (κ1) is 17.3. The first-order chi connectivity index (χ1) is 12.2. The van der Waals surface area contributed by atoms with E-state index in [2.05, 4.69) is 10.4 Å². The molecule has 0 unspecified atom stereocenters. The molecule has 0 radical (unpaired) electrons. The molecule has 3 rings (SSSR count). The summed E-state index contributed by atoms with van der Waals surface area (Å²) in [4.78, 5) is 12.6. The molecular formula is C18H18ClN3O3. The van der Waals surface area contributed by atoms with Gasteiger partial charge in [0.15, 0.2) is 5.76 Å². The molecule has 6 nitrogen and oxygen atoms in total. The van der Waals surface area contributed by atoms with Crippen LogP contribution in [0, 0.1) is 0 Å². The smallest absolute Gasteiger partial charge is 0.270 e. The Labute approximate surface area is 150 Å². The van der Waals surface area contributed by atoms with Gasteiger partial charge in [-0.25, -0.2) is 4.68 Å². The zero-order valence-corrected chi connectivity index (χ0v) is 14.5. The van der Waals surface area contributed by atoms with Gasteiger partial charge in [-0.1, -0.05) is 17.7 Å². The lowest BCUT2D eigenvalue weighted by Crippen LogP contribution is -2.27. The summed E-state index contributed by atoms with van der Waals surface area (Å²) in [6.07, 6.45) is 2.30. The third-order valence-electron chi connectivity index (χ3n) is 3.58. The topological polar surface area (TPSA) is 69.3 Å². The van der Waals surface area contributed by atoms with E-state index in [4.69, 9.17) is 20.8 Å². The molecule has 1 N–H and O–H groups in total. The number of halogens is 1. The number of carbonyl (C=O) groups excluding carboxylic acids is 1. The number of benzene rings is 1. The Morgan fingerprint density at radius 3 is 2.92 bits per heavy atom. The van der Waals surface area contributed by atoms with Crippen molar-refractivity contribution in [3.63, 3.8) is 0 Å². The minimum atomic E-state index is -0.221. The van der Waals surface area contributed by atoms with Crippen LogP contribution in [0.3, 0.4) is 0 Å². The predicted octanol–water partition coefficient (Wildman–Crippen LogP) is 3.55. The number of rotatable bonds is 7. The zero-order valence-electron chi connectivity index (χ0n) is 13.7. The predicted molar refractivity (Wildman–Crippen MR) is 95.1 cm³/mol. The monoisotopic (exact) mass is 359 g/mol. The number of methoxy groups -OCH3 is 1. The number of ether oxygens (including phenoxy) is 1. The molecule has 1 amide bonds. The third kappa shape index (κ3) is 4.10. The fraction of sp³-hybridized carbons (Fsp3) is 0.222. The maximum Gasteiger partial charge on any atom is 0.270 e. The molecule has 7 heteroatoms. The normalized spacial score (nSPS) is 10.8. The SMILES string of the molecule is COCCCNC(=O)c1cc(-c2ccco2)nn1-c1cccc(Cl)c1. The van der Waals surface area contributed by atoms with E-state index < -0.39 is 0 Å². The molecule has 0 aliphatic carbocycles. The van der Waals surface area contributed by atoms with E-state index in [0.717, 1.165) is 6.42 Å². The summed E-state index contributed by atoms with van der Waals surface area (Å²) < 4.78 is 11.9. The van der Waals surface area contributed by atoms with Crippen LogP contribution in [0.2, 0.25) is 5.02 Å². The lowest BCUT2D eigenvalue weighted by atomic mass is 10.2. The Hall–Kier alpha value is -2.57. The Balaban J connectivity index is 1.93. The molecule has 25 heavy (non-hydrogen) atoms. The van der Waals surface area contributed by atoms with Gasteiger partial charge in [-0.2, -0.15) is 5.10 Å². The van der Waals surface area contributed by atoms with Crippen LogP contribution in [0.1, 0.15) is 16.9 Å². The molecule has 2 aromatic heterocycles. The molecule has 0 aliphatic heterocycles. The summed E-state index contributed by atoms with van der Waals surface area (Å²) in [6.45, 7) is 1.11. The summed E-state index contributed by atoms with van der Waals surface area (Å²) >= 11 is 6.08. The van der Waals surface area contributed by atoms with Crippen LogP contribution in [-0.4, -0.2) is 35.9 Å². The summed E-state index contributed by atoms with van der Waals surface area (Å²) in [5, 5.41) is 7.95. The van der Waals surface area contributed by atoms with Crippen molar-refractivity contribution in [1.82, 2.24) is 15.1 Å². The molecule has 0 bridgehead atoms. The summed E-state index contributed by atoms with van der Waals surface area (Å²) in [7, 11) is 1.63. The maximum absolute atomic E-state index is 12.6. The van der Waals surface area contributed by atoms with Gasteiger partial charge in [0.2, 0.25) is 0 Å². The number of nitrogens with zero attached hydrogens (tertiary/aromatic N) is 2. The van der Waals surface area contributed by atoms with Crippen molar-refractivity contribution in [1.29, 1.82) is 0 Å². The number of furan rings is 1. The zero-order chi connectivity index (χ0) is 17.6. The average Bonchev–Trinajstić information content (AvgIpc) is 3.27. The van der Waals surface area contributed by atoms with Crippen LogP contribution >= 0.6 is 11.6 Å². The van der Waals surface area contributed by atoms with E-state index in [0.29, 0.717) is 41.0 Å². The van der Waals surface area contributed by atoms with E-state index in [1.165, 1.54) is 0 Å². The highest BCUT2D eigenvalue weighted by Crippen LogP contribution is 2.23. The minimum absolute atomic E-state index is 0.221. The van der Waals surface area contributed by atoms with Crippen molar-refractivity contribution in [3.05, 3.63) is 59.4 Å². The van der Waals surface area contributed by atoms with Gasteiger partial charge < -0.3 is 14.5 Å². The fourth-order valence-corrected chi connectivity index (χ4v) is 2.59. The first-order valence-electron chi connectivity index (χ1n) is 7.86. The number of carbonyl (C=O) groups is 1. The van der Waals surface area contributed by atoms with E-state index in [-0.39, 0.29) is 5.91 Å². The Morgan fingerprint density at radius 2 is 2.20 bits per heavy atom. The highest BCUT2D eigenvalue weighted by atomic mass is 35.5. The van der Waals surface area contributed by atoms with Gasteiger partial charge in [0.1, 0.15) is 11.4 Å². The summed E-state index contributed by atoms with van der Waals surface area (Å²) in [5.41, 5.74) is 1.69. The molecule has 0 saturated heterocycles. The average molecular weight is 360 g/mol. The minimum Gasteiger partial charge on any atom is -0.463 e. The number of hydrogen-bond donors (Lipinski definition) is 1. The molecule has 3 aromatic rings. The molecule has 0 fully saturated rings. The van der Waals surface area contributed by atoms with E-state index in [1.54, 1.807) is 48.4 Å². The molecule has 0 spiro atoms. The number of nitrogens with one attached hydrogen (secondary N) is 1. The second-order valence-electron chi connectivity index (χ2n) is 5.39. The van der Waals surface area contributed by atoms with Crippen molar-refractivity contribution in [3.8, 4) is 17.1 Å². The van der Waals surface area contributed by atoms with Gasteiger partial charge in [0, 0.05) is 31.4 Å². The van der Waals surface area contributed by atoms with Crippen LogP contribution in [-0.2, 0) is 4.74 Å². The highest BCUT2D eigenvalue weighted by molar-refractivity contribution is 6.30. The number of hydrogen-bond acceptors (Lipinski definition) is 4. The lowest BCUT2D eigenvalue weighted by molar-refractivity contribution is 0.0941. The van der Waals surface area contributed by atoms with Crippen LogP contribution in [0.15, 0.2) is 53.1 Å². The van der Waals surface area contributed by atoms with Gasteiger partial charge in [0.05, 0.1) is 12.0 Å².